The van der Waals surface area contributed by atoms with Gasteiger partial charge < -0.3 is 0 Å². The van der Waals surface area contributed by atoms with Gasteiger partial charge >= 0.3 is 0 Å². The van der Waals surface area contributed by atoms with Crippen LogP contribution in [0.4, 0.5) is 0 Å². The summed E-state index contributed by atoms with van der Waals surface area (Å²) in [6.45, 7) is 4.04. The molecule has 2 rings (SSSR count). The Morgan fingerprint density at radius 2 is 2.24 bits per heavy atom. The largest absolute Gasteiger partial charge is 0.299 e. The zero-order chi connectivity index (χ0) is 12.3. The number of hydrogen-bond donors (Lipinski definition) is 0. The van der Waals surface area contributed by atoms with Crippen molar-refractivity contribution in [1.82, 2.24) is 0 Å². The fourth-order valence-corrected chi connectivity index (χ4v) is 2.34. The first kappa shape index (κ1) is 11.6. The molecule has 0 amide bonds. The highest BCUT2D eigenvalue weighted by molar-refractivity contribution is 5.93. The highest BCUT2D eigenvalue weighted by atomic mass is 16.1. The maximum absolute atomic E-state index is 11.8. The number of benzene rings is 1. The zero-order valence-corrected chi connectivity index (χ0v) is 9.78. The quantitative estimate of drug-likeness (QED) is 0.774. The molecule has 0 radical (unpaired) electrons. The molecule has 1 aromatic carbocycles. The van der Waals surface area contributed by atoms with Crippen molar-refractivity contribution in [3.63, 3.8) is 0 Å². The predicted octanol–water partition coefficient (Wildman–Crippen LogP) is 3.33. The van der Waals surface area contributed by atoms with E-state index in [9.17, 15) is 4.79 Å². The molecular weight excluding hydrogens is 210 g/mol. The number of hydrogen-bond acceptors (Lipinski definition) is 2. The maximum atomic E-state index is 11.8. The third-order valence-electron chi connectivity index (χ3n) is 3.34. The summed E-state index contributed by atoms with van der Waals surface area (Å²) in [5.41, 5.74) is 2.41. The molecule has 86 valence electrons. The number of nitrogens with zero attached hydrogens (tertiary/aromatic N) is 1. The Labute approximate surface area is 102 Å². The Morgan fingerprint density at radius 3 is 2.94 bits per heavy atom. The Bertz CT molecular complexity index is 496. The number of nitriles is 1. The molecule has 1 aliphatic rings. The van der Waals surface area contributed by atoms with E-state index in [0.717, 1.165) is 30.4 Å². The van der Waals surface area contributed by atoms with E-state index < -0.39 is 0 Å². The number of ketones is 1. The first-order valence-electron chi connectivity index (χ1n) is 5.94. The minimum Gasteiger partial charge on any atom is -0.299 e. The van der Waals surface area contributed by atoms with Crippen LogP contribution in [0.5, 0.6) is 0 Å². The summed E-state index contributed by atoms with van der Waals surface area (Å²) in [7, 11) is 0. The molecule has 1 saturated carbocycles. The van der Waals surface area contributed by atoms with Gasteiger partial charge in [-0.05, 0) is 36.1 Å². The average molecular weight is 225 g/mol. The summed E-state index contributed by atoms with van der Waals surface area (Å²) in [6, 6.07) is 9.44. The summed E-state index contributed by atoms with van der Waals surface area (Å²) < 4.78 is 0. The minimum atomic E-state index is -0.0438. The fraction of sp³-hybridized carbons (Fsp3) is 0.333. The molecule has 1 fully saturated rings. The second-order valence-electron chi connectivity index (χ2n) is 4.48. The smallest absolute Gasteiger partial charge is 0.140 e. The van der Waals surface area contributed by atoms with Gasteiger partial charge in [-0.2, -0.15) is 5.26 Å². The monoisotopic (exact) mass is 225 g/mol. The lowest BCUT2D eigenvalue weighted by atomic mass is 9.80. The van der Waals surface area contributed by atoms with Crippen LogP contribution in [-0.2, 0) is 4.79 Å². The van der Waals surface area contributed by atoms with Crippen LogP contribution in [-0.4, -0.2) is 5.78 Å². The van der Waals surface area contributed by atoms with E-state index in [1.165, 1.54) is 0 Å². The lowest BCUT2D eigenvalue weighted by molar-refractivity contribution is -0.122. The number of carbonyl (C=O) groups is 1. The molecule has 1 unspecified atom stereocenters. The summed E-state index contributed by atoms with van der Waals surface area (Å²) in [5.74, 6) is 0.251. The first-order valence-corrected chi connectivity index (χ1v) is 5.94. The number of rotatable bonds is 2. The molecule has 0 aliphatic heterocycles. The van der Waals surface area contributed by atoms with Gasteiger partial charge in [0.1, 0.15) is 5.78 Å². The van der Waals surface area contributed by atoms with E-state index in [2.05, 4.69) is 12.6 Å². The second kappa shape index (κ2) is 4.97. The molecule has 1 aliphatic carbocycles. The fourth-order valence-electron chi connectivity index (χ4n) is 2.34. The molecule has 1 aromatic rings. The van der Waals surface area contributed by atoms with E-state index in [1.54, 1.807) is 6.07 Å². The van der Waals surface area contributed by atoms with Gasteiger partial charge in [-0.1, -0.05) is 25.1 Å². The van der Waals surface area contributed by atoms with Crippen LogP contribution in [0.1, 0.15) is 36.8 Å². The van der Waals surface area contributed by atoms with E-state index in [0.29, 0.717) is 17.8 Å². The van der Waals surface area contributed by atoms with E-state index in [4.69, 9.17) is 5.26 Å². The van der Waals surface area contributed by atoms with Crippen LogP contribution in [0.15, 0.2) is 30.8 Å². The Morgan fingerprint density at radius 1 is 1.41 bits per heavy atom. The molecule has 0 aromatic heterocycles. The van der Waals surface area contributed by atoms with Crippen molar-refractivity contribution in [3.8, 4) is 6.07 Å². The van der Waals surface area contributed by atoms with Gasteiger partial charge in [0.25, 0.3) is 0 Å². The van der Waals surface area contributed by atoms with Crippen LogP contribution >= 0.6 is 0 Å². The molecule has 0 saturated heterocycles. The van der Waals surface area contributed by atoms with Crippen molar-refractivity contribution in [2.75, 3.05) is 0 Å². The lowest BCUT2D eigenvalue weighted by Gasteiger charge is -2.22. The van der Waals surface area contributed by atoms with Gasteiger partial charge in [-0.25, -0.2) is 0 Å². The topological polar surface area (TPSA) is 40.9 Å². The van der Waals surface area contributed by atoms with E-state index >= 15 is 0 Å². The van der Waals surface area contributed by atoms with Gasteiger partial charge in [-0.15, -0.1) is 0 Å². The number of Topliss-reactive ketones (excluding diaryl/α,β-unsaturated/α-hetero) is 1. The van der Waals surface area contributed by atoms with Crippen molar-refractivity contribution in [2.45, 2.75) is 25.7 Å². The van der Waals surface area contributed by atoms with Crippen LogP contribution in [0.3, 0.4) is 0 Å². The standard InChI is InChI=1S/C15H15NO/c1-11(14-7-2-3-8-15(14)17)13-6-4-5-12(9-13)10-16/h4-6,9,14H,1-3,7-8H2. The average Bonchev–Trinajstić information content (AvgIpc) is 2.38. The second-order valence-corrected chi connectivity index (χ2v) is 4.48. The van der Waals surface area contributed by atoms with Crippen molar-refractivity contribution >= 4 is 11.4 Å². The summed E-state index contributed by atoms with van der Waals surface area (Å²) in [4.78, 5) is 11.8. The molecule has 1 atom stereocenters. The van der Waals surface area contributed by atoms with Crippen LogP contribution in [0.25, 0.3) is 5.57 Å². The zero-order valence-electron chi connectivity index (χ0n) is 9.78. The Hall–Kier alpha value is -1.88. The van der Waals surface area contributed by atoms with Crippen LogP contribution in [0, 0.1) is 17.2 Å². The molecule has 0 N–H and O–H groups in total. The molecule has 2 nitrogen and oxygen atoms in total. The van der Waals surface area contributed by atoms with Gasteiger partial charge in [0.05, 0.1) is 11.6 Å². The summed E-state index contributed by atoms with van der Waals surface area (Å²) in [5, 5.41) is 8.86. The molecule has 0 bridgehead atoms. The van der Waals surface area contributed by atoms with Crippen molar-refractivity contribution in [2.24, 2.45) is 5.92 Å². The van der Waals surface area contributed by atoms with Crippen molar-refractivity contribution in [1.29, 1.82) is 5.26 Å². The number of carbonyl (C=O) groups excluding carboxylic acids is 1. The predicted molar refractivity (Wildman–Crippen MR) is 67.2 cm³/mol. The van der Waals surface area contributed by atoms with Gasteiger partial charge in [0.2, 0.25) is 0 Å². The summed E-state index contributed by atoms with van der Waals surface area (Å²) >= 11 is 0. The highest BCUT2D eigenvalue weighted by Crippen LogP contribution is 2.32. The molecule has 0 heterocycles. The van der Waals surface area contributed by atoms with Crippen LogP contribution < -0.4 is 0 Å². The minimum absolute atomic E-state index is 0.0438. The van der Waals surface area contributed by atoms with Crippen molar-refractivity contribution < 1.29 is 4.79 Å². The third-order valence-corrected chi connectivity index (χ3v) is 3.34. The van der Waals surface area contributed by atoms with Crippen molar-refractivity contribution in [3.05, 3.63) is 42.0 Å². The third kappa shape index (κ3) is 2.45. The first-order chi connectivity index (χ1) is 8.22. The van der Waals surface area contributed by atoms with Crippen LogP contribution in [0.2, 0.25) is 0 Å². The number of allylic oxidation sites excluding steroid dienone is 1. The lowest BCUT2D eigenvalue weighted by Crippen LogP contribution is -2.19. The van der Waals surface area contributed by atoms with Gasteiger partial charge in [0, 0.05) is 12.3 Å². The van der Waals surface area contributed by atoms with E-state index in [1.807, 2.05) is 18.2 Å². The Kier molecular flexibility index (Phi) is 3.39. The SMILES string of the molecule is C=C(c1cccc(C#N)c1)C1CCCCC1=O. The maximum Gasteiger partial charge on any atom is 0.140 e. The molecule has 2 heteroatoms. The highest BCUT2D eigenvalue weighted by Gasteiger charge is 2.25. The van der Waals surface area contributed by atoms with E-state index in [-0.39, 0.29) is 5.92 Å². The van der Waals surface area contributed by atoms with Gasteiger partial charge in [0.15, 0.2) is 0 Å². The molecular formula is C15H15NO. The summed E-state index contributed by atoms with van der Waals surface area (Å²) in [6.07, 6.45) is 3.66. The Balaban J connectivity index is 2.24. The normalized spacial score (nSPS) is 19.7. The molecule has 17 heavy (non-hydrogen) atoms. The van der Waals surface area contributed by atoms with Gasteiger partial charge in [-0.3, -0.25) is 4.79 Å². The molecule has 0 spiro atoms.